The highest BCUT2D eigenvalue weighted by Crippen LogP contribution is 2.23. The van der Waals surface area contributed by atoms with E-state index in [4.69, 9.17) is 5.73 Å². The van der Waals surface area contributed by atoms with Gasteiger partial charge < -0.3 is 10.6 Å². The molecular formula is C15H24ClN3. The van der Waals surface area contributed by atoms with Crippen LogP contribution in [0.1, 0.15) is 36.1 Å². The van der Waals surface area contributed by atoms with Gasteiger partial charge in [0.2, 0.25) is 0 Å². The van der Waals surface area contributed by atoms with Crippen LogP contribution in [0.5, 0.6) is 0 Å². The van der Waals surface area contributed by atoms with Gasteiger partial charge in [0.25, 0.3) is 0 Å². The van der Waals surface area contributed by atoms with E-state index >= 15 is 0 Å². The van der Waals surface area contributed by atoms with Gasteiger partial charge in [-0.3, -0.25) is 4.99 Å². The second-order valence-corrected chi connectivity index (χ2v) is 4.99. The number of halogens is 1. The molecular weight excluding hydrogens is 258 g/mol. The summed E-state index contributed by atoms with van der Waals surface area (Å²) in [6, 6.07) is 6.25. The summed E-state index contributed by atoms with van der Waals surface area (Å²) in [4.78, 5) is 6.93. The molecule has 1 aromatic carbocycles. The summed E-state index contributed by atoms with van der Waals surface area (Å²) in [5, 5.41) is 0. The SMILES string of the molecule is CCCN1CCN=C1C(N)c1cccc(C)c1C.Cl. The van der Waals surface area contributed by atoms with Gasteiger partial charge in [-0.1, -0.05) is 25.1 Å². The highest BCUT2D eigenvalue weighted by Gasteiger charge is 2.24. The molecule has 0 aromatic heterocycles. The molecule has 0 radical (unpaired) electrons. The zero-order valence-electron chi connectivity index (χ0n) is 12.0. The van der Waals surface area contributed by atoms with E-state index in [2.05, 4.69) is 48.9 Å². The molecule has 1 atom stereocenters. The number of aryl methyl sites for hydroxylation is 1. The fourth-order valence-electron chi connectivity index (χ4n) is 2.54. The van der Waals surface area contributed by atoms with Crippen molar-refractivity contribution in [2.75, 3.05) is 19.6 Å². The van der Waals surface area contributed by atoms with Crippen molar-refractivity contribution in [3.63, 3.8) is 0 Å². The third kappa shape index (κ3) is 3.28. The minimum Gasteiger partial charge on any atom is -0.357 e. The molecule has 2 N–H and O–H groups in total. The van der Waals surface area contributed by atoms with E-state index in [0.29, 0.717) is 0 Å². The lowest BCUT2D eigenvalue weighted by atomic mass is 9.97. The van der Waals surface area contributed by atoms with Crippen LogP contribution >= 0.6 is 12.4 Å². The van der Waals surface area contributed by atoms with Gasteiger partial charge in [0.15, 0.2) is 0 Å². The lowest BCUT2D eigenvalue weighted by Gasteiger charge is -2.25. The van der Waals surface area contributed by atoms with Crippen LogP contribution < -0.4 is 5.73 Å². The molecule has 1 aliphatic heterocycles. The predicted molar refractivity (Wildman–Crippen MR) is 84.3 cm³/mol. The van der Waals surface area contributed by atoms with E-state index in [-0.39, 0.29) is 18.4 Å². The standard InChI is InChI=1S/C15H23N3.ClH/c1-4-9-18-10-8-17-15(18)14(16)13-7-5-6-11(2)12(13)3;/h5-7,14H,4,8-10,16H2,1-3H3;1H. The van der Waals surface area contributed by atoms with Crippen molar-refractivity contribution in [3.05, 3.63) is 34.9 Å². The average molecular weight is 282 g/mol. The molecule has 0 aliphatic carbocycles. The maximum Gasteiger partial charge on any atom is 0.121 e. The number of benzene rings is 1. The number of hydrogen-bond acceptors (Lipinski definition) is 3. The van der Waals surface area contributed by atoms with Crippen LogP contribution in [0.15, 0.2) is 23.2 Å². The van der Waals surface area contributed by atoms with Crippen LogP contribution in [0.2, 0.25) is 0 Å². The lowest BCUT2D eigenvalue weighted by molar-refractivity contribution is 0.442. The first-order chi connectivity index (χ1) is 8.65. The van der Waals surface area contributed by atoms with Gasteiger partial charge >= 0.3 is 0 Å². The first kappa shape index (κ1) is 16.0. The fraction of sp³-hybridized carbons (Fsp3) is 0.533. The second-order valence-electron chi connectivity index (χ2n) is 4.99. The minimum atomic E-state index is -0.0843. The Morgan fingerprint density at radius 1 is 1.37 bits per heavy atom. The van der Waals surface area contributed by atoms with Crippen LogP contribution in [-0.4, -0.2) is 30.4 Å². The second kappa shape index (κ2) is 6.92. The summed E-state index contributed by atoms with van der Waals surface area (Å²) in [6.07, 6.45) is 1.14. The molecule has 0 amide bonds. The van der Waals surface area contributed by atoms with Gasteiger partial charge in [-0.25, -0.2) is 0 Å². The van der Waals surface area contributed by atoms with E-state index in [1.807, 2.05) is 0 Å². The zero-order chi connectivity index (χ0) is 13.1. The molecule has 2 rings (SSSR count). The van der Waals surface area contributed by atoms with Crippen LogP contribution in [0, 0.1) is 13.8 Å². The Bertz CT molecular complexity index is 457. The molecule has 0 fully saturated rings. The van der Waals surface area contributed by atoms with E-state index in [0.717, 1.165) is 31.9 Å². The zero-order valence-corrected chi connectivity index (χ0v) is 12.8. The fourth-order valence-corrected chi connectivity index (χ4v) is 2.54. The predicted octanol–water partition coefficient (Wildman–Crippen LogP) is 2.85. The molecule has 19 heavy (non-hydrogen) atoms. The van der Waals surface area contributed by atoms with Gasteiger partial charge in [-0.2, -0.15) is 0 Å². The van der Waals surface area contributed by atoms with Crippen LogP contribution in [-0.2, 0) is 0 Å². The maximum atomic E-state index is 6.42. The van der Waals surface area contributed by atoms with Crippen molar-refractivity contribution >= 4 is 18.2 Å². The van der Waals surface area contributed by atoms with Crippen molar-refractivity contribution < 1.29 is 0 Å². The molecule has 4 heteroatoms. The molecule has 3 nitrogen and oxygen atoms in total. The number of nitrogens with zero attached hydrogens (tertiary/aromatic N) is 2. The van der Waals surface area contributed by atoms with Gasteiger partial charge in [-0.05, 0) is 37.0 Å². The minimum absolute atomic E-state index is 0. The summed E-state index contributed by atoms with van der Waals surface area (Å²) in [5.74, 6) is 1.06. The number of rotatable bonds is 4. The molecule has 0 saturated heterocycles. The largest absolute Gasteiger partial charge is 0.357 e. The number of aliphatic imine (C=N–C) groups is 1. The topological polar surface area (TPSA) is 41.6 Å². The molecule has 1 heterocycles. The molecule has 1 aliphatic rings. The third-order valence-electron chi connectivity index (χ3n) is 3.72. The van der Waals surface area contributed by atoms with Crippen molar-refractivity contribution in [1.82, 2.24) is 4.90 Å². The van der Waals surface area contributed by atoms with Crippen LogP contribution in [0.25, 0.3) is 0 Å². The van der Waals surface area contributed by atoms with Crippen molar-refractivity contribution in [1.29, 1.82) is 0 Å². The Hall–Kier alpha value is -1.06. The Labute approximate surface area is 122 Å². The summed E-state index contributed by atoms with van der Waals surface area (Å²) >= 11 is 0. The van der Waals surface area contributed by atoms with Gasteiger partial charge in [0.1, 0.15) is 5.84 Å². The number of hydrogen-bond donors (Lipinski definition) is 1. The average Bonchev–Trinajstić information content (AvgIpc) is 2.80. The van der Waals surface area contributed by atoms with E-state index in [1.165, 1.54) is 16.7 Å². The highest BCUT2D eigenvalue weighted by molar-refractivity contribution is 5.90. The van der Waals surface area contributed by atoms with E-state index < -0.39 is 0 Å². The quantitative estimate of drug-likeness (QED) is 0.922. The van der Waals surface area contributed by atoms with E-state index in [1.54, 1.807) is 0 Å². The molecule has 0 bridgehead atoms. The summed E-state index contributed by atoms with van der Waals surface area (Å²) in [6.45, 7) is 9.42. The summed E-state index contributed by atoms with van der Waals surface area (Å²) < 4.78 is 0. The summed E-state index contributed by atoms with van der Waals surface area (Å²) in [7, 11) is 0. The Balaban J connectivity index is 0.00000180. The monoisotopic (exact) mass is 281 g/mol. The van der Waals surface area contributed by atoms with Crippen molar-refractivity contribution in [2.24, 2.45) is 10.7 Å². The smallest absolute Gasteiger partial charge is 0.121 e. The summed E-state index contributed by atoms with van der Waals surface area (Å²) in [5.41, 5.74) is 10.2. The molecule has 0 spiro atoms. The molecule has 0 saturated carbocycles. The van der Waals surface area contributed by atoms with E-state index in [9.17, 15) is 0 Å². The van der Waals surface area contributed by atoms with Gasteiger partial charge in [0, 0.05) is 13.1 Å². The Morgan fingerprint density at radius 2 is 2.11 bits per heavy atom. The first-order valence-electron chi connectivity index (χ1n) is 6.76. The first-order valence-corrected chi connectivity index (χ1v) is 6.76. The molecule has 106 valence electrons. The number of amidine groups is 1. The number of nitrogens with two attached hydrogens (primary N) is 1. The van der Waals surface area contributed by atoms with Crippen LogP contribution in [0.3, 0.4) is 0 Å². The molecule has 1 unspecified atom stereocenters. The normalized spacial score (nSPS) is 16.0. The van der Waals surface area contributed by atoms with Crippen LogP contribution in [0.4, 0.5) is 0 Å². The lowest BCUT2D eigenvalue weighted by Crippen LogP contribution is -2.36. The van der Waals surface area contributed by atoms with Gasteiger partial charge in [-0.15, -0.1) is 12.4 Å². The Morgan fingerprint density at radius 3 is 2.79 bits per heavy atom. The van der Waals surface area contributed by atoms with Gasteiger partial charge in [0.05, 0.1) is 12.6 Å². The van der Waals surface area contributed by atoms with Crippen molar-refractivity contribution in [2.45, 2.75) is 33.2 Å². The van der Waals surface area contributed by atoms with Crippen molar-refractivity contribution in [3.8, 4) is 0 Å². The molecule has 1 aromatic rings. The maximum absolute atomic E-state index is 6.42. The Kier molecular flexibility index (Phi) is 5.83. The third-order valence-corrected chi connectivity index (χ3v) is 3.72. The highest BCUT2D eigenvalue weighted by atomic mass is 35.5.